The van der Waals surface area contributed by atoms with E-state index in [4.69, 9.17) is 5.11 Å². The minimum atomic E-state index is -0.748. The van der Waals surface area contributed by atoms with Crippen molar-refractivity contribution in [2.75, 3.05) is 0 Å². The summed E-state index contributed by atoms with van der Waals surface area (Å²) in [5.41, 5.74) is 2.26. The summed E-state index contributed by atoms with van der Waals surface area (Å²) in [5, 5.41) is 10.6. The molecule has 1 aromatic heterocycles. The molecule has 1 heterocycles. The lowest BCUT2D eigenvalue weighted by Crippen LogP contribution is -1.97. The van der Waals surface area contributed by atoms with Crippen LogP contribution in [0.1, 0.15) is 12.0 Å². The fraction of sp³-hybridized carbons (Fsp3) is 0.154. The number of hydrogen-bond donors (Lipinski definition) is 1. The predicted molar refractivity (Wildman–Crippen MR) is 65.7 cm³/mol. The maximum atomic E-state index is 10.4. The number of rotatable bonds is 4. The van der Waals surface area contributed by atoms with Crippen molar-refractivity contribution in [2.45, 2.75) is 12.8 Å². The van der Waals surface area contributed by atoms with Crippen LogP contribution >= 0.6 is 11.3 Å². The summed E-state index contributed by atoms with van der Waals surface area (Å²) in [6.07, 6.45) is 0.790. The van der Waals surface area contributed by atoms with Crippen LogP contribution < -0.4 is 0 Å². The number of carboxylic acid groups (broad SMARTS) is 1. The quantitative estimate of drug-likeness (QED) is 0.876. The molecule has 0 atom stereocenters. The average Bonchev–Trinajstić information content (AvgIpc) is 2.80. The highest BCUT2D eigenvalue weighted by molar-refractivity contribution is 7.13. The predicted octanol–water partition coefficient (Wildman–Crippen LogP) is 3.43. The first-order valence-corrected chi connectivity index (χ1v) is 5.98. The molecular formula is C13H12O2S. The van der Waals surface area contributed by atoms with Gasteiger partial charge in [-0.1, -0.05) is 30.3 Å². The maximum absolute atomic E-state index is 10.4. The van der Waals surface area contributed by atoms with Crippen molar-refractivity contribution < 1.29 is 9.90 Å². The number of carboxylic acids is 1. The van der Waals surface area contributed by atoms with Gasteiger partial charge in [0, 0.05) is 11.3 Å². The second kappa shape index (κ2) is 4.94. The minimum Gasteiger partial charge on any atom is -0.481 e. The van der Waals surface area contributed by atoms with E-state index >= 15 is 0 Å². The van der Waals surface area contributed by atoms with Gasteiger partial charge in [-0.2, -0.15) is 0 Å². The van der Waals surface area contributed by atoms with E-state index in [0.717, 1.165) is 5.56 Å². The van der Waals surface area contributed by atoms with E-state index in [2.05, 4.69) is 6.07 Å². The molecule has 0 amide bonds. The molecule has 0 bridgehead atoms. The molecule has 0 aliphatic rings. The van der Waals surface area contributed by atoms with Crippen LogP contribution in [-0.2, 0) is 11.2 Å². The van der Waals surface area contributed by atoms with Crippen LogP contribution in [0.3, 0.4) is 0 Å². The lowest BCUT2D eigenvalue weighted by molar-refractivity contribution is -0.136. The Balaban J connectivity index is 2.08. The van der Waals surface area contributed by atoms with Crippen LogP contribution in [0.15, 0.2) is 41.8 Å². The van der Waals surface area contributed by atoms with Gasteiger partial charge in [0.25, 0.3) is 0 Å². The number of aryl methyl sites for hydroxylation is 1. The molecule has 0 aliphatic carbocycles. The summed E-state index contributed by atoms with van der Waals surface area (Å²) in [6, 6.07) is 12.2. The second-order valence-electron chi connectivity index (χ2n) is 3.57. The summed E-state index contributed by atoms with van der Waals surface area (Å²) in [7, 11) is 0. The highest BCUT2D eigenvalue weighted by Crippen LogP contribution is 2.24. The van der Waals surface area contributed by atoms with Gasteiger partial charge in [-0.05, 0) is 29.0 Å². The summed E-state index contributed by atoms with van der Waals surface area (Å²) in [5.74, 6) is -0.748. The van der Waals surface area contributed by atoms with Crippen molar-refractivity contribution in [2.24, 2.45) is 0 Å². The monoisotopic (exact) mass is 232 g/mol. The zero-order valence-electron chi connectivity index (χ0n) is 8.72. The van der Waals surface area contributed by atoms with Crippen LogP contribution in [-0.4, -0.2) is 11.1 Å². The van der Waals surface area contributed by atoms with E-state index in [-0.39, 0.29) is 6.42 Å². The lowest BCUT2D eigenvalue weighted by atomic mass is 10.1. The normalized spacial score (nSPS) is 10.2. The van der Waals surface area contributed by atoms with Gasteiger partial charge in [-0.3, -0.25) is 4.79 Å². The lowest BCUT2D eigenvalue weighted by Gasteiger charge is -2.01. The summed E-state index contributed by atoms with van der Waals surface area (Å²) in [4.78, 5) is 11.7. The SMILES string of the molecule is O=C(O)CCc1ccc(-c2cccs2)cc1. The van der Waals surface area contributed by atoms with Gasteiger partial charge in [0.05, 0.1) is 0 Å². The van der Waals surface area contributed by atoms with E-state index in [1.165, 1.54) is 10.4 Å². The van der Waals surface area contributed by atoms with E-state index in [9.17, 15) is 4.79 Å². The Bertz CT molecular complexity index is 457. The van der Waals surface area contributed by atoms with Crippen molar-refractivity contribution in [3.05, 3.63) is 47.3 Å². The third-order valence-electron chi connectivity index (χ3n) is 2.39. The molecule has 16 heavy (non-hydrogen) atoms. The number of benzene rings is 1. The zero-order valence-corrected chi connectivity index (χ0v) is 9.54. The van der Waals surface area contributed by atoms with Gasteiger partial charge in [0.1, 0.15) is 0 Å². The van der Waals surface area contributed by atoms with Crippen molar-refractivity contribution in [3.8, 4) is 10.4 Å². The first-order valence-electron chi connectivity index (χ1n) is 5.10. The fourth-order valence-electron chi connectivity index (χ4n) is 1.53. The number of hydrogen-bond acceptors (Lipinski definition) is 2. The Hall–Kier alpha value is -1.61. The standard InChI is InChI=1S/C13H12O2S/c14-13(15)8-5-10-3-6-11(7-4-10)12-2-1-9-16-12/h1-4,6-7,9H,5,8H2,(H,14,15). The Morgan fingerprint density at radius 2 is 1.94 bits per heavy atom. The van der Waals surface area contributed by atoms with Gasteiger partial charge in [0.2, 0.25) is 0 Å². The highest BCUT2D eigenvalue weighted by Gasteiger charge is 2.01. The Morgan fingerprint density at radius 3 is 2.50 bits per heavy atom. The minimum absolute atomic E-state index is 0.193. The zero-order chi connectivity index (χ0) is 11.4. The van der Waals surface area contributed by atoms with Crippen molar-refractivity contribution >= 4 is 17.3 Å². The smallest absolute Gasteiger partial charge is 0.303 e. The van der Waals surface area contributed by atoms with Gasteiger partial charge in [-0.15, -0.1) is 11.3 Å². The fourth-order valence-corrected chi connectivity index (χ4v) is 2.26. The average molecular weight is 232 g/mol. The molecule has 0 aliphatic heterocycles. The van der Waals surface area contributed by atoms with Crippen LogP contribution in [0.25, 0.3) is 10.4 Å². The Morgan fingerprint density at radius 1 is 1.19 bits per heavy atom. The van der Waals surface area contributed by atoms with Crippen molar-refractivity contribution in [1.29, 1.82) is 0 Å². The molecule has 2 rings (SSSR count). The van der Waals surface area contributed by atoms with E-state index in [0.29, 0.717) is 6.42 Å². The molecular weight excluding hydrogens is 220 g/mol. The highest BCUT2D eigenvalue weighted by atomic mass is 32.1. The second-order valence-corrected chi connectivity index (χ2v) is 4.52. The molecule has 0 spiro atoms. The molecule has 1 N–H and O–H groups in total. The summed E-state index contributed by atoms with van der Waals surface area (Å²) < 4.78 is 0. The Labute approximate surface area is 98.2 Å². The number of carbonyl (C=O) groups is 1. The molecule has 2 aromatic rings. The van der Waals surface area contributed by atoms with E-state index in [1.807, 2.05) is 35.7 Å². The largest absolute Gasteiger partial charge is 0.481 e. The molecule has 3 heteroatoms. The summed E-state index contributed by atoms with van der Waals surface area (Å²) >= 11 is 1.71. The summed E-state index contributed by atoms with van der Waals surface area (Å²) in [6.45, 7) is 0. The molecule has 2 nitrogen and oxygen atoms in total. The molecule has 1 aromatic carbocycles. The molecule has 0 fully saturated rings. The van der Waals surface area contributed by atoms with Gasteiger partial charge in [-0.25, -0.2) is 0 Å². The number of aliphatic carboxylic acids is 1. The first-order chi connectivity index (χ1) is 7.75. The Kier molecular flexibility index (Phi) is 3.37. The third-order valence-corrected chi connectivity index (χ3v) is 3.31. The van der Waals surface area contributed by atoms with Crippen LogP contribution in [0.4, 0.5) is 0 Å². The first kappa shape index (κ1) is 10.9. The van der Waals surface area contributed by atoms with E-state index in [1.54, 1.807) is 11.3 Å². The molecule has 0 saturated heterocycles. The molecule has 82 valence electrons. The van der Waals surface area contributed by atoms with Crippen LogP contribution in [0, 0.1) is 0 Å². The van der Waals surface area contributed by atoms with Crippen LogP contribution in [0.5, 0.6) is 0 Å². The van der Waals surface area contributed by atoms with Crippen molar-refractivity contribution in [1.82, 2.24) is 0 Å². The molecule has 0 unspecified atom stereocenters. The topological polar surface area (TPSA) is 37.3 Å². The van der Waals surface area contributed by atoms with Gasteiger partial charge >= 0.3 is 5.97 Å². The van der Waals surface area contributed by atoms with Crippen LogP contribution in [0.2, 0.25) is 0 Å². The van der Waals surface area contributed by atoms with Gasteiger partial charge in [0.15, 0.2) is 0 Å². The molecule has 0 radical (unpaired) electrons. The third kappa shape index (κ3) is 2.70. The van der Waals surface area contributed by atoms with Crippen molar-refractivity contribution in [3.63, 3.8) is 0 Å². The number of thiophene rings is 1. The maximum Gasteiger partial charge on any atom is 0.303 e. The van der Waals surface area contributed by atoms with Gasteiger partial charge < -0.3 is 5.11 Å². The van der Waals surface area contributed by atoms with E-state index < -0.39 is 5.97 Å². The molecule has 0 saturated carbocycles.